The average molecular weight is 450 g/mol. The lowest BCUT2D eigenvalue weighted by atomic mass is 9.54. The average Bonchev–Trinajstić information content (AvgIpc) is 3.39. The Balaban J connectivity index is 1.36. The van der Waals surface area contributed by atoms with Gasteiger partial charge >= 0.3 is 0 Å². The molecule has 7 rings (SSSR count). The lowest BCUT2D eigenvalue weighted by Gasteiger charge is -2.53. The molecule has 1 saturated heterocycles. The van der Waals surface area contributed by atoms with E-state index in [0.29, 0.717) is 24.7 Å². The van der Waals surface area contributed by atoms with Crippen molar-refractivity contribution in [3.63, 3.8) is 0 Å². The van der Waals surface area contributed by atoms with Crippen LogP contribution in [-0.4, -0.2) is 39.3 Å². The van der Waals surface area contributed by atoms with E-state index in [2.05, 4.69) is 15.4 Å². The normalized spacial score (nSPS) is 26.3. The Morgan fingerprint density at radius 3 is 2.61 bits per heavy atom. The Bertz CT molecular complexity index is 1180. The van der Waals surface area contributed by atoms with Crippen LogP contribution in [0.1, 0.15) is 66.2 Å². The van der Waals surface area contributed by atoms with E-state index in [1.807, 2.05) is 11.0 Å². The van der Waals surface area contributed by atoms with Crippen LogP contribution in [0.25, 0.3) is 11.3 Å². The topological polar surface area (TPSA) is 72.1 Å². The zero-order valence-corrected chi connectivity index (χ0v) is 18.1. The number of hydrogen-bond acceptors (Lipinski definition) is 5. The van der Waals surface area contributed by atoms with Gasteiger partial charge in [-0.3, -0.25) is 4.79 Å². The molecule has 0 spiro atoms. The second kappa shape index (κ2) is 7.71. The summed E-state index contributed by atoms with van der Waals surface area (Å²) in [6, 6.07) is 7.29. The van der Waals surface area contributed by atoms with Crippen LogP contribution in [0.15, 0.2) is 41.1 Å². The van der Waals surface area contributed by atoms with Crippen molar-refractivity contribution in [1.82, 2.24) is 20.3 Å². The molecule has 33 heavy (non-hydrogen) atoms. The monoisotopic (exact) mass is 450 g/mol. The number of halogens is 2. The number of benzene rings is 1. The molecule has 2 bridgehead atoms. The predicted molar refractivity (Wildman–Crippen MR) is 115 cm³/mol. The molecule has 1 aromatic carbocycles. The van der Waals surface area contributed by atoms with Crippen molar-refractivity contribution in [1.29, 1.82) is 0 Å². The van der Waals surface area contributed by atoms with Crippen molar-refractivity contribution in [3.05, 3.63) is 65.2 Å². The number of aromatic nitrogens is 3. The van der Waals surface area contributed by atoms with E-state index in [-0.39, 0.29) is 28.5 Å². The maximum Gasteiger partial charge on any atom is 0.276 e. The summed E-state index contributed by atoms with van der Waals surface area (Å²) in [6.07, 6.45) is 7.39. The minimum atomic E-state index is -0.630. The smallest absolute Gasteiger partial charge is 0.276 e. The summed E-state index contributed by atoms with van der Waals surface area (Å²) in [4.78, 5) is 14.8. The van der Waals surface area contributed by atoms with E-state index < -0.39 is 11.6 Å². The van der Waals surface area contributed by atoms with Gasteiger partial charge in [-0.15, -0.1) is 0 Å². The van der Waals surface area contributed by atoms with Crippen molar-refractivity contribution in [2.75, 3.05) is 13.1 Å². The van der Waals surface area contributed by atoms with E-state index in [4.69, 9.17) is 4.52 Å². The molecule has 6 nitrogen and oxygen atoms in total. The summed E-state index contributed by atoms with van der Waals surface area (Å²) in [6.45, 7) is 1.34. The highest BCUT2D eigenvalue weighted by Gasteiger charge is 2.52. The van der Waals surface area contributed by atoms with Crippen molar-refractivity contribution in [3.8, 4) is 11.3 Å². The molecular formula is C25H24F2N4O2. The summed E-state index contributed by atoms with van der Waals surface area (Å²) in [5.41, 5.74) is 2.33. The molecule has 2 aromatic heterocycles. The summed E-state index contributed by atoms with van der Waals surface area (Å²) in [5.74, 6) is -0.774. The standard InChI is InChI=1S/C25H24F2N4O2/c26-18-4-1-5-19(27)22(18)21-13-17-15-6-9-25(10-7-15,23(17)29-28-21)16-3-2-11-31(14-16)24(32)20-8-12-33-30-20/h1,4-5,8,12-13,15-16H,2-3,6-7,9-11,14H2/t15-,16-,25+/m0/s1. The number of nitrogens with zero attached hydrogens (tertiary/aromatic N) is 4. The van der Waals surface area contributed by atoms with Crippen LogP contribution in [0.5, 0.6) is 0 Å². The van der Waals surface area contributed by atoms with Gasteiger partial charge in [0.1, 0.15) is 17.9 Å². The number of carbonyl (C=O) groups is 1. The fourth-order valence-corrected chi connectivity index (χ4v) is 6.35. The third kappa shape index (κ3) is 3.18. The van der Waals surface area contributed by atoms with Crippen LogP contribution in [0.2, 0.25) is 0 Å². The Morgan fingerprint density at radius 2 is 1.88 bits per heavy atom. The van der Waals surface area contributed by atoms with Gasteiger partial charge in [-0.1, -0.05) is 11.2 Å². The molecule has 170 valence electrons. The Hall–Kier alpha value is -3.16. The highest BCUT2D eigenvalue weighted by Crippen LogP contribution is 2.57. The first-order valence-electron chi connectivity index (χ1n) is 11.6. The number of hydrogen-bond donors (Lipinski definition) is 0. The third-order valence-corrected chi connectivity index (χ3v) is 7.98. The van der Waals surface area contributed by atoms with Gasteiger partial charge in [-0.25, -0.2) is 8.78 Å². The van der Waals surface area contributed by atoms with Gasteiger partial charge < -0.3 is 9.42 Å². The first-order valence-corrected chi connectivity index (χ1v) is 11.6. The van der Waals surface area contributed by atoms with Crippen LogP contribution >= 0.6 is 0 Å². The van der Waals surface area contributed by atoms with Crippen molar-refractivity contribution in [2.45, 2.75) is 49.9 Å². The molecule has 3 aromatic rings. The predicted octanol–water partition coefficient (Wildman–Crippen LogP) is 4.87. The van der Waals surface area contributed by atoms with Crippen LogP contribution in [0.4, 0.5) is 8.78 Å². The van der Waals surface area contributed by atoms with E-state index in [1.165, 1.54) is 24.5 Å². The van der Waals surface area contributed by atoms with Gasteiger partial charge in [-0.2, -0.15) is 10.2 Å². The van der Waals surface area contributed by atoms with Crippen LogP contribution in [0, 0.1) is 17.6 Å². The summed E-state index contributed by atoms with van der Waals surface area (Å²) < 4.78 is 33.7. The molecular weight excluding hydrogens is 426 g/mol. The maximum absolute atomic E-state index is 14.4. The van der Waals surface area contributed by atoms with E-state index in [1.54, 1.807) is 6.07 Å². The fourth-order valence-electron chi connectivity index (χ4n) is 6.35. The zero-order valence-electron chi connectivity index (χ0n) is 18.1. The zero-order chi connectivity index (χ0) is 22.6. The van der Waals surface area contributed by atoms with Crippen LogP contribution in [-0.2, 0) is 5.41 Å². The minimum absolute atomic E-state index is 0.106. The SMILES string of the molecule is O=C(c1ccon1)N1CCC[C@H]([C@]23CC[C@H](CC2)c2cc(-c4c(F)cccc4F)nnc23)C1. The number of carbonyl (C=O) groups excluding carboxylic acids is 1. The number of likely N-dealkylation sites (tertiary alicyclic amines) is 1. The molecule has 0 unspecified atom stereocenters. The van der Waals surface area contributed by atoms with Crippen molar-refractivity contribution >= 4 is 5.91 Å². The number of amides is 1. The molecule has 0 N–H and O–H groups in total. The number of rotatable bonds is 3. The molecule has 3 aliphatic carbocycles. The van der Waals surface area contributed by atoms with Gasteiger partial charge in [0.25, 0.3) is 5.91 Å². The molecule has 8 heteroatoms. The lowest BCUT2D eigenvalue weighted by Crippen LogP contribution is -2.52. The Morgan fingerprint density at radius 1 is 1.09 bits per heavy atom. The number of piperidine rings is 1. The van der Waals surface area contributed by atoms with Crippen LogP contribution in [0.3, 0.4) is 0 Å². The first kappa shape index (κ1) is 20.4. The van der Waals surface area contributed by atoms with Crippen LogP contribution < -0.4 is 0 Å². The van der Waals surface area contributed by atoms with Gasteiger partial charge in [-0.05, 0) is 74.1 Å². The van der Waals surface area contributed by atoms with E-state index in [9.17, 15) is 13.6 Å². The third-order valence-electron chi connectivity index (χ3n) is 7.98. The Labute approximate surface area is 190 Å². The summed E-state index contributed by atoms with van der Waals surface area (Å²) >= 11 is 0. The largest absolute Gasteiger partial charge is 0.364 e. The number of fused-ring (bicyclic) bond motifs is 2. The van der Waals surface area contributed by atoms with E-state index >= 15 is 0 Å². The molecule has 1 aliphatic heterocycles. The molecule has 2 fully saturated rings. The minimum Gasteiger partial charge on any atom is -0.364 e. The molecule has 1 atom stereocenters. The highest BCUT2D eigenvalue weighted by atomic mass is 19.1. The molecule has 1 saturated carbocycles. The molecule has 4 aliphatic rings. The highest BCUT2D eigenvalue weighted by molar-refractivity contribution is 5.92. The van der Waals surface area contributed by atoms with Gasteiger partial charge in [0.2, 0.25) is 0 Å². The quantitative estimate of drug-likeness (QED) is 0.569. The van der Waals surface area contributed by atoms with E-state index in [0.717, 1.165) is 49.8 Å². The maximum atomic E-state index is 14.4. The van der Waals surface area contributed by atoms with Crippen molar-refractivity contribution < 1.29 is 18.1 Å². The molecule has 0 radical (unpaired) electrons. The second-order valence-electron chi connectivity index (χ2n) is 9.54. The second-order valence-corrected chi connectivity index (χ2v) is 9.54. The van der Waals surface area contributed by atoms with Gasteiger partial charge in [0, 0.05) is 24.6 Å². The molecule has 1 amide bonds. The Kier molecular flexibility index (Phi) is 4.78. The fraction of sp³-hybridized carbons (Fsp3) is 0.440. The first-order chi connectivity index (χ1) is 16.1. The van der Waals surface area contributed by atoms with Gasteiger partial charge in [0.15, 0.2) is 5.69 Å². The summed E-state index contributed by atoms with van der Waals surface area (Å²) in [7, 11) is 0. The summed E-state index contributed by atoms with van der Waals surface area (Å²) in [5, 5.41) is 12.7. The molecule has 3 heterocycles. The van der Waals surface area contributed by atoms with Crippen molar-refractivity contribution in [2.24, 2.45) is 5.92 Å². The lowest BCUT2D eigenvalue weighted by molar-refractivity contribution is 0.0474. The van der Waals surface area contributed by atoms with Gasteiger partial charge in [0.05, 0.1) is 17.0 Å².